The minimum Gasteiger partial charge on any atom is -0.491 e. The fourth-order valence-corrected chi connectivity index (χ4v) is 4.68. The number of pyridine rings is 2. The Hall–Kier alpha value is -3.44. The summed E-state index contributed by atoms with van der Waals surface area (Å²) < 4.78 is 22.0. The van der Waals surface area contributed by atoms with Crippen LogP contribution in [0, 0.1) is 6.92 Å². The van der Waals surface area contributed by atoms with E-state index in [1.54, 1.807) is 23.2 Å². The summed E-state index contributed by atoms with van der Waals surface area (Å²) in [5.41, 5.74) is 1.72. The average molecular weight is 484 g/mol. The van der Waals surface area contributed by atoms with Gasteiger partial charge in [-0.25, -0.2) is 19.6 Å². The molecule has 186 valence electrons. The number of urea groups is 1. The Bertz CT molecular complexity index is 1160. The standard InChI is InChI=1S/C24H29N5O6/c1-14-9-18-21(27-20(14)22(30)32-4)29(15-6-8-28(18)11-15)23(31)26-19-10-16(5-7-25-19)33-12-17-13-34-24(2,3)35-17/h5,7,9-10,15,17H,6,8,11-13H2,1-4H3,(H,25,26,31)/t15-,17?/m0/s1. The van der Waals surface area contributed by atoms with Crippen molar-refractivity contribution in [2.75, 3.05) is 48.5 Å². The van der Waals surface area contributed by atoms with Crippen molar-refractivity contribution in [2.45, 2.75) is 45.1 Å². The SMILES string of the molecule is COC(=O)c1nc2c(cc1C)N1CC[C@@H](C1)N2C(=O)Nc1cc(OCC2COC(C)(C)O2)ccn1. The van der Waals surface area contributed by atoms with Crippen LogP contribution in [0.4, 0.5) is 22.1 Å². The molecule has 0 radical (unpaired) electrons. The molecule has 0 aromatic carbocycles. The summed E-state index contributed by atoms with van der Waals surface area (Å²) in [5, 5.41) is 2.86. The van der Waals surface area contributed by atoms with Gasteiger partial charge in [-0.1, -0.05) is 0 Å². The zero-order valence-electron chi connectivity index (χ0n) is 20.2. The van der Waals surface area contributed by atoms with E-state index in [0.29, 0.717) is 42.7 Å². The largest absolute Gasteiger partial charge is 0.491 e. The molecule has 5 rings (SSSR count). The van der Waals surface area contributed by atoms with Crippen LogP contribution < -0.4 is 19.9 Å². The van der Waals surface area contributed by atoms with Gasteiger partial charge in [-0.2, -0.15) is 0 Å². The Kier molecular flexibility index (Phi) is 5.97. The van der Waals surface area contributed by atoms with Crippen molar-refractivity contribution < 1.29 is 28.5 Å². The van der Waals surface area contributed by atoms with Gasteiger partial charge in [-0.15, -0.1) is 0 Å². The van der Waals surface area contributed by atoms with E-state index in [1.165, 1.54) is 7.11 Å². The van der Waals surface area contributed by atoms with E-state index in [4.69, 9.17) is 18.9 Å². The fourth-order valence-electron chi connectivity index (χ4n) is 4.68. The van der Waals surface area contributed by atoms with Gasteiger partial charge in [-0.3, -0.25) is 10.2 Å². The third-order valence-electron chi connectivity index (χ3n) is 6.34. The summed E-state index contributed by atoms with van der Waals surface area (Å²) in [6.07, 6.45) is 2.19. The van der Waals surface area contributed by atoms with Crippen molar-refractivity contribution in [2.24, 2.45) is 0 Å². The molecule has 2 fully saturated rings. The third kappa shape index (κ3) is 4.61. The minimum absolute atomic E-state index is 0.0643. The topological polar surface area (TPSA) is 115 Å². The molecule has 2 atom stereocenters. The number of nitrogens with zero attached hydrogens (tertiary/aromatic N) is 4. The van der Waals surface area contributed by atoms with Crippen molar-refractivity contribution in [3.8, 4) is 5.75 Å². The molecular formula is C24H29N5O6. The van der Waals surface area contributed by atoms with Crippen molar-refractivity contribution >= 4 is 29.3 Å². The van der Waals surface area contributed by atoms with E-state index in [2.05, 4.69) is 20.2 Å². The summed E-state index contributed by atoms with van der Waals surface area (Å²) in [6, 6.07) is 4.83. The first kappa shape index (κ1) is 23.3. The third-order valence-corrected chi connectivity index (χ3v) is 6.34. The Labute approximate surface area is 203 Å². The second kappa shape index (κ2) is 8.97. The number of carbonyl (C=O) groups excluding carboxylic acids is 2. The van der Waals surface area contributed by atoms with Crippen LogP contribution >= 0.6 is 0 Å². The number of anilines is 3. The molecule has 35 heavy (non-hydrogen) atoms. The van der Waals surface area contributed by atoms with E-state index in [0.717, 1.165) is 18.7 Å². The molecule has 1 N–H and O–H groups in total. The number of fused-ring (bicyclic) bond motifs is 4. The first-order valence-corrected chi connectivity index (χ1v) is 11.6. The predicted molar refractivity (Wildman–Crippen MR) is 127 cm³/mol. The van der Waals surface area contributed by atoms with Crippen LogP contribution in [0.2, 0.25) is 0 Å². The monoisotopic (exact) mass is 483 g/mol. The molecule has 2 aromatic heterocycles. The van der Waals surface area contributed by atoms with Crippen molar-refractivity contribution in [3.63, 3.8) is 0 Å². The van der Waals surface area contributed by atoms with Gasteiger partial charge >= 0.3 is 12.0 Å². The first-order chi connectivity index (χ1) is 16.7. The van der Waals surface area contributed by atoms with Gasteiger partial charge in [-0.05, 0) is 44.9 Å². The van der Waals surface area contributed by atoms with Crippen LogP contribution in [0.5, 0.6) is 5.75 Å². The van der Waals surface area contributed by atoms with Crippen LogP contribution in [0.15, 0.2) is 24.4 Å². The van der Waals surface area contributed by atoms with Crippen LogP contribution in [0.1, 0.15) is 36.3 Å². The second-order valence-corrected chi connectivity index (χ2v) is 9.32. The van der Waals surface area contributed by atoms with Gasteiger partial charge in [0.25, 0.3) is 0 Å². The number of aryl methyl sites for hydroxylation is 1. The number of methoxy groups -OCH3 is 1. The van der Waals surface area contributed by atoms with Gasteiger partial charge in [0.2, 0.25) is 0 Å². The molecule has 11 heteroatoms. The minimum atomic E-state index is -0.619. The molecule has 5 heterocycles. The molecule has 3 aliphatic heterocycles. The Morgan fingerprint density at radius 3 is 2.89 bits per heavy atom. The molecule has 3 aliphatic rings. The Morgan fingerprint density at radius 2 is 2.14 bits per heavy atom. The van der Waals surface area contributed by atoms with Crippen LogP contribution in [-0.4, -0.2) is 73.3 Å². The average Bonchev–Trinajstić information content (AvgIpc) is 3.41. The maximum absolute atomic E-state index is 13.4. The maximum Gasteiger partial charge on any atom is 0.357 e. The number of carbonyl (C=O) groups is 2. The number of nitrogens with one attached hydrogen (secondary N) is 1. The molecule has 0 spiro atoms. The van der Waals surface area contributed by atoms with E-state index in [1.807, 2.05) is 26.8 Å². The van der Waals surface area contributed by atoms with E-state index < -0.39 is 11.8 Å². The molecule has 1 unspecified atom stereocenters. The normalized spacial score (nSPS) is 22.1. The molecular weight excluding hydrogens is 454 g/mol. The lowest BCUT2D eigenvalue weighted by molar-refractivity contribution is -0.141. The zero-order chi connectivity index (χ0) is 24.7. The van der Waals surface area contributed by atoms with Gasteiger partial charge in [0.15, 0.2) is 17.3 Å². The summed E-state index contributed by atoms with van der Waals surface area (Å²) in [6.45, 7) is 7.82. The molecule has 0 saturated carbocycles. The summed E-state index contributed by atoms with van der Waals surface area (Å²) in [5.74, 6) is 0.183. The predicted octanol–water partition coefficient (Wildman–Crippen LogP) is 2.73. The number of ether oxygens (including phenoxy) is 4. The molecule has 0 aliphatic carbocycles. The van der Waals surface area contributed by atoms with Gasteiger partial charge < -0.3 is 23.8 Å². The van der Waals surface area contributed by atoms with E-state index in [9.17, 15) is 9.59 Å². The van der Waals surface area contributed by atoms with Crippen molar-refractivity contribution in [3.05, 3.63) is 35.7 Å². The molecule has 2 bridgehead atoms. The quantitative estimate of drug-likeness (QED) is 0.641. The highest BCUT2D eigenvalue weighted by molar-refractivity contribution is 6.05. The van der Waals surface area contributed by atoms with Crippen molar-refractivity contribution in [1.29, 1.82) is 0 Å². The van der Waals surface area contributed by atoms with Gasteiger partial charge in [0, 0.05) is 25.4 Å². The number of hydrogen-bond acceptors (Lipinski definition) is 9. The second-order valence-electron chi connectivity index (χ2n) is 9.32. The number of amides is 2. The zero-order valence-corrected chi connectivity index (χ0v) is 20.2. The van der Waals surface area contributed by atoms with Gasteiger partial charge in [0.05, 0.1) is 25.4 Å². The molecule has 2 aromatic rings. The maximum atomic E-state index is 13.4. The number of esters is 1. The Morgan fingerprint density at radius 1 is 1.31 bits per heavy atom. The first-order valence-electron chi connectivity index (χ1n) is 11.6. The molecule has 2 amide bonds. The lowest BCUT2D eigenvalue weighted by atomic mass is 10.1. The van der Waals surface area contributed by atoms with Crippen LogP contribution in [0.3, 0.4) is 0 Å². The van der Waals surface area contributed by atoms with E-state index in [-0.39, 0.29) is 23.9 Å². The van der Waals surface area contributed by atoms with Crippen LogP contribution in [0.25, 0.3) is 0 Å². The van der Waals surface area contributed by atoms with E-state index >= 15 is 0 Å². The van der Waals surface area contributed by atoms with Crippen molar-refractivity contribution in [1.82, 2.24) is 9.97 Å². The molecule has 11 nitrogen and oxygen atoms in total. The fraction of sp³-hybridized carbons (Fsp3) is 0.500. The smallest absolute Gasteiger partial charge is 0.357 e. The Balaban J connectivity index is 1.33. The summed E-state index contributed by atoms with van der Waals surface area (Å²) in [7, 11) is 1.31. The number of hydrogen-bond donors (Lipinski definition) is 1. The highest BCUT2D eigenvalue weighted by atomic mass is 16.7. The highest BCUT2D eigenvalue weighted by Gasteiger charge is 2.41. The summed E-state index contributed by atoms with van der Waals surface area (Å²) in [4.78, 5) is 38.3. The summed E-state index contributed by atoms with van der Waals surface area (Å²) >= 11 is 0. The van der Waals surface area contributed by atoms with Gasteiger partial charge in [0.1, 0.15) is 24.3 Å². The number of rotatable bonds is 5. The highest BCUT2D eigenvalue weighted by Crippen LogP contribution is 2.40. The molecule has 2 saturated heterocycles. The number of aromatic nitrogens is 2. The lowest BCUT2D eigenvalue weighted by Crippen LogP contribution is -2.48. The lowest BCUT2D eigenvalue weighted by Gasteiger charge is -2.36. The van der Waals surface area contributed by atoms with Crippen LogP contribution in [-0.2, 0) is 14.2 Å².